The van der Waals surface area contributed by atoms with Gasteiger partial charge in [-0.05, 0) is 42.4 Å². The maximum Gasteiger partial charge on any atom is 0.316 e. The number of hydrogen-bond acceptors (Lipinski definition) is 5. The Balaban J connectivity index is 1.69. The fourth-order valence-electron chi connectivity index (χ4n) is 4.26. The second kappa shape index (κ2) is 8.92. The molecule has 5 heteroatoms. The molecule has 0 saturated heterocycles. The maximum absolute atomic E-state index is 13.2. The molecule has 0 amide bonds. The van der Waals surface area contributed by atoms with Crippen LogP contribution in [0.25, 0.3) is 0 Å². The number of esters is 1. The average molecular weight is 420 g/mol. The molecule has 1 N–H and O–H groups in total. The third-order valence-electron chi connectivity index (χ3n) is 5.74. The number of hydrogen-bond donors (Lipinski definition) is 1. The van der Waals surface area contributed by atoms with E-state index < -0.39 is 5.92 Å². The van der Waals surface area contributed by atoms with Gasteiger partial charge in [0.2, 0.25) is 0 Å². The summed E-state index contributed by atoms with van der Waals surface area (Å²) in [4.78, 5) is 27.3. The van der Waals surface area contributed by atoms with Crippen molar-refractivity contribution in [1.29, 1.82) is 0 Å². The van der Waals surface area contributed by atoms with E-state index in [1.54, 1.807) is 11.8 Å². The molecule has 1 aliphatic heterocycles. The minimum atomic E-state index is -0.644. The van der Waals surface area contributed by atoms with Crippen LogP contribution in [0.1, 0.15) is 36.3 Å². The number of thioether (sulfide) groups is 1. The SMILES string of the molecule is C=C1NC2=C(C(=O)CCC2)C(c2ccc(SC)cc2)C1C(=O)OCc1ccccc1. The number of carbonyl (C=O) groups is 2. The van der Waals surface area contributed by atoms with Gasteiger partial charge in [-0.15, -0.1) is 11.8 Å². The Morgan fingerprint density at radius 2 is 1.87 bits per heavy atom. The lowest BCUT2D eigenvalue weighted by Crippen LogP contribution is -2.41. The Labute approximate surface area is 181 Å². The molecule has 1 heterocycles. The first kappa shape index (κ1) is 20.5. The average Bonchev–Trinajstić information content (AvgIpc) is 2.77. The van der Waals surface area contributed by atoms with E-state index in [0.717, 1.165) is 34.6 Å². The summed E-state index contributed by atoms with van der Waals surface area (Å²) in [6.07, 6.45) is 4.15. The normalized spacial score (nSPS) is 21.1. The highest BCUT2D eigenvalue weighted by Crippen LogP contribution is 2.44. The quantitative estimate of drug-likeness (QED) is 0.547. The zero-order valence-corrected chi connectivity index (χ0v) is 17.8. The number of benzene rings is 2. The van der Waals surface area contributed by atoms with Crippen LogP contribution >= 0.6 is 11.8 Å². The molecule has 2 aromatic carbocycles. The Kier molecular flexibility index (Phi) is 6.09. The van der Waals surface area contributed by atoms with Crippen molar-refractivity contribution in [3.05, 3.63) is 89.3 Å². The van der Waals surface area contributed by atoms with Crippen LogP contribution in [0.3, 0.4) is 0 Å². The Hall–Kier alpha value is -2.79. The highest BCUT2D eigenvalue weighted by Gasteiger charge is 2.43. The van der Waals surface area contributed by atoms with Crippen LogP contribution in [0.4, 0.5) is 0 Å². The number of rotatable bonds is 5. The van der Waals surface area contributed by atoms with Crippen molar-refractivity contribution >= 4 is 23.5 Å². The number of Topliss-reactive ketones (excluding diaryl/α,β-unsaturated/α-hetero) is 1. The molecule has 2 aliphatic rings. The van der Waals surface area contributed by atoms with Crippen LogP contribution in [0, 0.1) is 5.92 Å². The van der Waals surface area contributed by atoms with Gasteiger partial charge in [0.05, 0.1) is 0 Å². The van der Waals surface area contributed by atoms with Crippen molar-refractivity contribution in [2.45, 2.75) is 36.7 Å². The number of nitrogens with one attached hydrogen (secondary N) is 1. The largest absolute Gasteiger partial charge is 0.460 e. The predicted molar refractivity (Wildman–Crippen MR) is 119 cm³/mol. The predicted octanol–water partition coefficient (Wildman–Crippen LogP) is 4.98. The van der Waals surface area contributed by atoms with E-state index in [1.165, 1.54) is 0 Å². The third kappa shape index (κ3) is 4.08. The first-order chi connectivity index (χ1) is 14.6. The Morgan fingerprint density at radius 1 is 1.13 bits per heavy atom. The molecule has 4 nitrogen and oxygen atoms in total. The lowest BCUT2D eigenvalue weighted by molar-refractivity contribution is -0.149. The summed E-state index contributed by atoms with van der Waals surface area (Å²) >= 11 is 1.66. The van der Waals surface area contributed by atoms with Gasteiger partial charge in [-0.2, -0.15) is 0 Å². The molecule has 0 radical (unpaired) electrons. The minimum absolute atomic E-state index is 0.107. The fraction of sp³-hybridized carbons (Fsp3) is 0.280. The van der Waals surface area contributed by atoms with Crippen molar-refractivity contribution in [2.24, 2.45) is 5.92 Å². The molecule has 2 atom stereocenters. The lowest BCUT2D eigenvalue weighted by Gasteiger charge is -2.38. The van der Waals surface area contributed by atoms with E-state index in [1.807, 2.05) is 60.9 Å². The minimum Gasteiger partial charge on any atom is -0.460 e. The molecule has 30 heavy (non-hydrogen) atoms. The Bertz CT molecular complexity index is 995. The van der Waals surface area contributed by atoms with E-state index in [0.29, 0.717) is 17.7 Å². The summed E-state index contributed by atoms with van der Waals surface area (Å²) in [7, 11) is 0. The smallest absolute Gasteiger partial charge is 0.316 e. The summed E-state index contributed by atoms with van der Waals surface area (Å²) in [6.45, 7) is 4.33. The van der Waals surface area contributed by atoms with Crippen LogP contribution in [-0.2, 0) is 20.9 Å². The zero-order chi connectivity index (χ0) is 21.1. The van der Waals surface area contributed by atoms with Gasteiger partial charge in [0.1, 0.15) is 12.5 Å². The number of carbonyl (C=O) groups excluding carboxylic acids is 2. The molecule has 0 bridgehead atoms. The van der Waals surface area contributed by atoms with Gasteiger partial charge in [0, 0.05) is 34.2 Å². The summed E-state index contributed by atoms with van der Waals surface area (Å²) in [5.41, 5.74) is 4.09. The monoisotopic (exact) mass is 419 g/mol. The molecule has 0 aromatic heterocycles. The summed E-state index contributed by atoms with van der Waals surface area (Å²) < 4.78 is 5.67. The lowest BCUT2D eigenvalue weighted by atomic mass is 9.71. The van der Waals surface area contributed by atoms with Crippen LogP contribution in [0.5, 0.6) is 0 Å². The highest BCUT2D eigenvalue weighted by atomic mass is 32.2. The van der Waals surface area contributed by atoms with E-state index >= 15 is 0 Å². The molecule has 2 unspecified atom stereocenters. The van der Waals surface area contributed by atoms with Gasteiger partial charge in [-0.3, -0.25) is 9.59 Å². The molecule has 4 rings (SSSR count). The topological polar surface area (TPSA) is 55.4 Å². The maximum atomic E-state index is 13.2. The number of allylic oxidation sites excluding steroid dienone is 2. The molecular formula is C25H25NO3S. The van der Waals surface area contributed by atoms with Crippen LogP contribution in [0.2, 0.25) is 0 Å². The molecule has 0 saturated carbocycles. The molecule has 1 aliphatic carbocycles. The van der Waals surface area contributed by atoms with E-state index in [4.69, 9.17) is 4.74 Å². The second-order valence-corrected chi connectivity index (χ2v) is 8.52. The fourth-order valence-corrected chi connectivity index (χ4v) is 4.67. The van der Waals surface area contributed by atoms with Crippen molar-refractivity contribution in [1.82, 2.24) is 5.32 Å². The van der Waals surface area contributed by atoms with Crippen molar-refractivity contribution < 1.29 is 14.3 Å². The van der Waals surface area contributed by atoms with Gasteiger partial charge < -0.3 is 10.1 Å². The zero-order valence-electron chi connectivity index (χ0n) is 17.0. The van der Waals surface area contributed by atoms with E-state index in [9.17, 15) is 9.59 Å². The standard InChI is InChI=1S/C25H25NO3S/c1-16-22(25(28)29-15-17-7-4-3-5-8-17)23(18-11-13-19(30-2)14-12-18)24-20(26-16)9-6-10-21(24)27/h3-5,7-8,11-14,22-23,26H,1,6,9-10,15H2,2H3. The van der Waals surface area contributed by atoms with E-state index in [2.05, 4.69) is 11.9 Å². The summed E-state index contributed by atoms with van der Waals surface area (Å²) in [5, 5.41) is 3.26. The van der Waals surface area contributed by atoms with Gasteiger partial charge in [-0.25, -0.2) is 0 Å². The molecule has 154 valence electrons. The Morgan fingerprint density at radius 3 is 2.57 bits per heavy atom. The van der Waals surface area contributed by atoms with Crippen molar-refractivity contribution in [3.8, 4) is 0 Å². The molecular weight excluding hydrogens is 394 g/mol. The van der Waals surface area contributed by atoms with Crippen LogP contribution in [0.15, 0.2) is 83.0 Å². The number of ketones is 1. The molecule has 0 fully saturated rings. The summed E-state index contributed by atoms with van der Waals surface area (Å²) in [5.74, 6) is -1.27. The van der Waals surface area contributed by atoms with Gasteiger partial charge >= 0.3 is 5.97 Å². The van der Waals surface area contributed by atoms with Crippen molar-refractivity contribution in [2.75, 3.05) is 6.26 Å². The highest BCUT2D eigenvalue weighted by molar-refractivity contribution is 7.98. The first-order valence-corrected chi connectivity index (χ1v) is 11.4. The van der Waals surface area contributed by atoms with Crippen LogP contribution < -0.4 is 5.32 Å². The van der Waals surface area contributed by atoms with Crippen molar-refractivity contribution in [3.63, 3.8) is 0 Å². The third-order valence-corrected chi connectivity index (χ3v) is 6.48. The van der Waals surface area contributed by atoms with E-state index in [-0.39, 0.29) is 24.3 Å². The first-order valence-electron chi connectivity index (χ1n) is 10.1. The molecule has 2 aromatic rings. The van der Waals surface area contributed by atoms with Crippen LogP contribution in [-0.4, -0.2) is 18.0 Å². The van der Waals surface area contributed by atoms with Gasteiger partial charge in [0.15, 0.2) is 5.78 Å². The number of ether oxygens (including phenoxy) is 1. The summed E-state index contributed by atoms with van der Waals surface area (Å²) in [6, 6.07) is 17.7. The molecule has 0 spiro atoms. The van der Waals surface area contributed by atoms with Gasteiger partial charge in [-0.1, -0.05) is 49.0 Å². The van der Waals surface area contributed by atoms with Gasteiger partial charge in [0.25, 0.3) is 0 Å². The second-order valence-electron chi connectivity index (χ2n) is 7.64.